The molecule has 3 heterocycles. The average molecular weight is 481 g/mol. The number of ether oxygens (including phenoxy) is 3. The maximum atomic E-state index is 13.6. The molecular formula is C29H24N2O5. The molecule has 2 aliphatic rings. The van der Waals surface area contributed by atoms with Gasteiger partial charge in [-0.15, -0.1) is 0 Å². The number of benzene rings is 3. The van der Waals surface area contributed by atoms with E-state index in [1.165, 1.54) is 18.1 Å². The van der Waals surface area contributed by atoms with E-state index in [2.05, 4.69) is 17.1 Å². The first-order valence-electron chi connectivity index (χ1n) is 11.8. The van der Waals surface area contributed by atoms with E-state index in [9.17, 15) is 9.59 Å². The SMILES string of the molecule is COC(=O)c1cccc(/C=C/C(=O)N2CCc3c([nH]c4ccccc34)C2c2ccc3c(c2)OCO3)c1. The molecule has 3 aromatic carbocycles. The number of hydrogen-bond donors (Lipinski definition) is 1. The van der Waals surface area contributed by atoms with Crippen molar-refractivity contribution in [3.05, 3.63) is 101 Å². The Labute approximate surface area is 207 Å². The Kier molecular flexibility index (Phi) is 5.45. The van der Waals surface area contributed by atoms with Crippen LogP contribution in [0.2, 0.25) is 0 Å². The number of aromatic nitrogens is 1. The fourth-order valence-corrected chi connectivity index (χ4v) is 5.06. The van der Waals surface area contributed by atoms with E-state index in [1.54, 1.807) is 30.4 Å². The third kappa shape index (κ3) is 3.79. The normalized spacial score (nSPS) is 16.4. The number of nitrogens with zero attached hydrogens (tertiary/aromatic N) is 1. The Bertz CT molecular complexity index is 1520. The molecule has 0 bridgehead atoms. The molecule has 7 heteroatoms. The molecule has 1 atom stereocenters. The van der Waals surface area contributed by atoms with Crippen LogP contribution >= 0.6 is 0 Å². The van der Waals surface area contributed by atoms with E-state index in [1.807, 2.05) is 41.3 Å². The lowest BCUT2D eigenvalue weighted by atomic mass is 9.92. The Morgan fingerprint density at radius 1 is 1.03 bits per heavy atom. The molecule has 0 radical (unpaired) electrons. The highest BCUT2D eigenvalue weighted by atomic mass is 16.7. The summed E-state index contributed by atoms with van der Waals surface area (Å²) in [4.78, 5) is 30.9. The van der Waals surface area contributed by atoms with Gasteiger partial charge in [-0.25, -0.2) is 4.79 Å². The fourth-order valence-electron chi connectivity index (χ4n) is 5.06. The Morgan fingerprint density at radius 2 is 1.89 bits per heavy atom. The Morgan fingerprint density at radius 3 is 2.78 bits per heavy atom. The minimum absolute atomic E-state index is 0.120. The smallest absolute Gasteiger partial charge is 0.337 e. The second kappa shape index (κ2) is 8.92. The van der Waals surface area contributed by atoms with Crippen LogP contribution in [0.1, 0.15) is 38.8 Å². The summed E-state index contributed by atoms with van der Waals surface area (Å²) in [5, 5.41) is 1.18. The predicted octanol–water partition coefficient (Wildman–Crippen LogP) is 4.87. The monoisotopic (exact) mass is 480 g/mol. The largest absolute Gasteiger partial charge is 0.465 e. The number of nitrogens with one attached hydrogen (secondary N) is 1. The van der Waals surface area contributed by atoms with E-state index in [-0.39, 0.29) is 18.7 Å². The molecule has 0 saturated heterocycles. The van der Waals surface area contributed by atoms with Crippen molar-refractivity contribution in [2.75, 3.05) is 20.4 Å². The molecule has 180 valence electrons. The number of fused-ring (bicyclic) bond motifs is 4. The van der Waals surface area contributed by atoms with Crippen LogP contribution in [0, 0.1) is 0 Å². The first-order chi connectivity index (χ1) is 17.6. The third-order valence-electron chi connectivity index (χ3n) is 6.76. The number of para-hydroxylation sites is 1. The molecule has 1 N–H and O–H groups in total. The van der Waals surface area contributed by atoms with Gasteiger partial charge in [-0.05, 0) is 59.5 Å². The molecule has 0 spiro atoms. The van der Waals surface area contributed by atoms with E-state index < -0.39 is 5.97 Å². The molecule has 0 aliphatic carbocycles. The maximum Gasteiger partial charge on any atom is 0.337 e. The van der Waals surface area contributed by atoms with Gasteiger partial charge in [0.2, 0.25) is 12.7 Å². The Balaban J connectivity index is 1.38. The van der Waals surface area contributed by atoms with Gasteiger partial charge in [-0.1, -0.05) is 36.4 Å². The van der Waals surface area contributed by atoms with Crippen molar-refractivity contribution in [2.24, 2.45) is 0 Å². The maximum absolute atomic E-state index is 13.6. The topological polar surface area (TPSA) is 80.9 Å². The zero-order valence-corrected chi connectivity index (χ0v) is 19.7. The van der Waals surface area contributed by atoms with Crippen molar-refractivity contribution >= 4 is 28.9 Å². The summed E-state index contributed by atoms with van der Waals surface area (Å²) in [7, 11) is 1.35. The van der Waals surface area contributed by atoms with Gasteiger partial charge >= 0.3 is 5.97 Å². The van der Waals surface area contributed by atoms with E-state index >= 15 is 0 Å². The van der Waals surface area contributed by atoms with Gasteiger partial charge in [0.25, 0.3) is 0 Å². The number of rotatable bonds is 4. The van der Waals surface area contributed by atoms with Crippen molar-refractivity contribution in [1.29, 1.82) is 0 Å². The van der Waals surface area contributed by atoms with Crippen LogP contribution in [0.15, 0.2) is 72.8 Å². The van der Waals surface area contributed by atoms with Crippen LogP contribution in [0.5, 0.6) is 11.5 Å². The molecule has 1 aromatic heterocycles. The molecule has 1 amide bonds. The molecular weight excluding hydrogens is 456 g/mol. The highest BCUT2D eigenvalue weighted by Crippen LogP contribution is 2.42. The second-order valence-electron chi connectivity index (χ2n) is 8.81. The lowest BCUT2D eigenvalue weighted by Gasteiger charge is -2.35. The summed E-state index contributed by atoms with van der Waals surface area (Å²) in [6, 6.07) is 20.8. The molecule has 36 heavy (non-hydrogen) atoms. The van der Waals surface area contributed by atoms with Crippen LogP contribution in [0.25, 0.3) is 17.0 Å². The van der Waals surface area contributed by atoms with Gasteiger partial charge in [0, 0.05) is 29.2 Å². The highest BCUT2D eigenvalue weighted by Gasteiger charge is 2.34. The second-order valence-corrected chi connectivity index (χ2v) is 8.81. The first kappa shape index (κ1) is 22.0. The van der Waals surface area contributed by atoms with Crippen LogP contribution in [-0.4, -0.2) is 42.2 Å². The minimum Gasteiger partial charge on any atom is -0.465 e. The summed E-state index contributed by atoms with van der Waals surface area (Å²) in [5.74, 6) is 0.847. The molecule has 4 aromatic rings. The van der Waals surface area contributed by atoms with Crippen molar-refractivity contribution < 1.29 is 23.8 Å². The molecule has 0 saturated carbocycles. The molecule has 6 rings (SSSR count). The fraction of sp³-hybridized carbons (Fsp3) is 0.172. The highest BCUT2D eigenvalue weighted by molar-refractivity contribution is 5.94. The van der Waals surface area contributed by atoms with Crippen LogP contribution < -0.4 is 9.47 Å². The number of carbonyl (C=O) groups is 2. The molecule has 2 aliphatic heterocycles. The number of H-pyrrole nitrogens is 1. The molecule has 7 nitrogen and oxygen atoms in total. The van der Waals surface area contributed by atoms with Gasteiger partial charge in [-0.2, -0.15) is 0 Å². The van der Waals surface area contributed by atoms with Gasteiger partial charge in [-0.3, -0.25) is 4.79 Å². The van der Waals surface area contributed by atoms with Crippen LogP contribution in [-0.2, 0) is 16.0 Å². The predicted molar refractivity (Wildman–Crippen MR) is 135 cm³/mol. The zero-order chi connectivity index (χ0) is 24.6. The summed E-state index contributed by atoms with van der Waals surface area (Å²) < 4.78 is 15.9. The van der Waals surface area contributed by atoms with Gasteiger partial charge in [0.15, 0.2) is 11.5 Å². The number of hydrogen-bond acceptors (Lipinski definition) is 5. The van der Waals surface area contributed by atoms with Crippen molar-refractivity contribution in [1.82, 2.24) is 9.88 Å². The van der Waals surface area contributed by atoms with Gasteiger partial charge in [0.05, 0.1) is 18.7 Å². The van der Waals surface area contributed by atoms with Gasteiger partial charge < -0.3 is 24.1 Å². The summed E-state index contributed by atoms with van der Waals surface area (Å²) in [6.07, 6.45) is 4.04. The summed E-state index contributed by atoms with van der Waals surface area (Å²) in [6.45, 7) is 0.760. The summed E-state index contributed by atoms with van der Waals surface area (Å²) >= 11 is 0. The Hall–Kier alpha value is -4.52. The van der Waals surface area contributed by atoms with E-state index in [0.29, 0.717) is 23.6 Å². The van der Waals surface area contributed by atoms with Crippen molar-refractivity contribution in [3.8, 4) is 11.5 Å². The van der Waals surface area contributed by atoms with E-state index in [0.717, 1.165) is 28.8 Å². The first-order valence-corrected chi connectivity index (χ1v) is 11.8. The van der Waals surface area contributed by atoms with Crippen molar-refractivity contribution in [2.45, 2.75) is 12.5 Å². The summed E-state index contributed by atoms with van der Waals surface area (Å²) in [5.41, 5.74) is 5.42. The van der Waals surface area contributed by atoms with Crippen LogP contribution in [0.3, 0.4) is 0 Å². The van der Waals surface area contributed by atoms with Crippen LogP contribution in [0.4, 0.5) is 0 Å². The van der Waals surface area contributed by atoms with Crippen molar-refractivity contribution in [3.63, 3.8) is 0 Å². The number of amides is 1. The molecule has 1 unspecified atom stereocenters. The average Bonchev–Trinajstić information content (AvgIpc) is 3.55. The lowest BCUT2D eigenvalue weighted by molar-refractivity contribution is -0.128. The molecule has 0 fully saturated rings. The quantitative estimate of drug-likeness (QED) is 0.333. The number of aromatic amines is 1. The number of methoxy groups -OCH3 is 1. The van der Waals surface area contributed by atoms with E-state index in [4.69, 9.17) is 14.2 Å². The minimum atomic E-state index is -0.415. The standard InChI is InChI=1S/C29H24N2O5/c1-34-29(33)20-6-4-5-18(15-20)9-12-26(32)31-14-13-22-21-7-2-3-8-23(21)30-27(22)28(31)19-10-11-24-25(16-19)36-17-35-24/h2-12,15-16,28,30H,13-14,17H2,1H3/b12-9+. The number of carbonyl (C=O) groups excluding carboxylic acids is 2. The lowest BCUT2D eigenvalue weighted by Crippen LogP contribution is -2.39. The number of esters is 1. The third-order valence-corrected chi connectivity index (χ3v) is 6.76. The van der Waals surface area contributed by atoms with Gasteiger partial charge in [0.1, 0.15) is 0 Å². The zero-order valence-electron chi connectivity index (χ0n) is 19.7.